The van der Waals surface area contributed by atoms with E-state index in [1.807, 2.05) is 6.07 Å². The summed E-state index contributed by atoms with van der Waals surface area (Å²) in [6, 6.07) is 14.6. The first-order valence-corrected chi connectivity index (χ1v) is 9.33. The number of anilines is 5. The van der Waals surface area contributed by atoms with Gasteiger partial charge in [-0.15, -0.1) is 5.10 Å². The van der Waals surface area contributed by atoms with Crippen LogP contribution in [-0.4, -0.2) is 28.3 Å². The quantitative estimate of drug-likeness (QED) is 0.694. The number of rotatable bonds is 5. The van der Waals surface area contributed by atoms with Crippen LogP contribution in [0.3, 0.4) is 0 Å². The summed E-state index contributed by atoms with van der Waals surface area (Å²) in [5, 5.41) is 14.6. The maximum atomic E-state index is 4.51. The second-order valence-corrected chi connectivity index (χ2v) is 6.96. The van der Waals surface area contributed by atoms with Crippen LogP contribution in [0.5, 0.6) is 0 Å². The molecule has 4 rings (SSSR count). The fraction of sp³-hybridized carbons (Fsp3) is 0.286. The molecule has 1 aliphatic heterocycles. The molecule has 0 aliphatic carbocycles. The lowest BCUT2D eigenvalue weighted by Crippen LogP contribution is -2.17. The third kappa shape index (κ3) is 4.16. The van der Waals surface area contributed by atoms with E-state index in [9.17, 15) is 0 Å². The van der Waals surface area contributed by atoms with Crippen LogP contribution < -0.4 is 15.5 Å². The molecule has 2 aromatic carbocycles. The van der Waals surface area contributed by atoms with E-state index < -0.39 is 0 Å². The molecule has 0 atom stereocenters. The highest BCUT2D eigenvalue weighted by molar-refractivity contribution is 5.62. The van der Waals surface area contributed by atoms with E-state index in [2.05, 4.69) is 81.0 Å². The minimum Gasteiger partial charge on any atom is -0.372 e. The van der Waals surface area contributed by atoms with Crippen LogP contribution in [0, 0.1) is 13.8 Å². The zero-order chi connectivity index (χ0) is 18.6. The van der Waals surface area contributed by atoms with E-state index in [4.69, 9.17) is 0 Å². The average molecular weight is 360 g/mol. The van der Waals surface area contributed by atoms with Gasteiger partial charge >= 0.3 is 0 Å². The Morgan fingerprint density at radius 2 is 1.59 bits per heavy atom. The summed E-state index contributed by atoms with van der Waals surface area (Å²) >= 11 is 0. The first-order valence-electron chi connectivity index (χ1n) is 9.33. The molecule has 3 aromatic rings. The summed E-state index contributed by atoms with van der Waals surface area (Å²) in [6.07, 6.45) is 4.18. The Labute approximate surface area is 159 Å². The minimum atomic E-state index is 0.470. The Hall–Kier alpha value is -3.15. The number of hydrogen-bond acceptors (Lipinski definition) is 6. The Balaban J connectivity index is 1.45. The number of aryl methyl sites for hydroxylation is 2. The fourth-order valence-corrected chi connectivity index (χ4v) is 3.24. The fourth-order valence-electron chi connectivity index (χ4n) is 3.24. The molecule has 0 saturated carbocycles. The van der Waals surface area contributed by atoms with Gasteiger partial charge in [-0.2, -0.15) is 10.1 Å². The van der Waals surface area contributed by atoms with Gasteiger partial charge < -0.3 is 15.5 Å². The van der Waals surface area contributed by atoms with Crippen LogP contribution in [0.25, 0.3) is 0 Å². The van der Waals surface area contributed by atoms with Crippen molar-refractivity contribution in [3.05, 3.63) is 59.8 Å². The molecule has 0 amide bonds. The number of benzene rings is 2. The third-order valence-corrected chi connectivity index (χ3v) is 4.93. The zero-order valence-electron chi connectivity index (χ0n) is 15.7. The summed E-state index contributed by atoms with van der Waals surface area (Å²) in [5.41, 5.74) is 5.70. The molecule has 27 heavy (non-hydrogen) atoms. The molecule has 1 fully saturated rings. The van der Waals surface area contributed by atoms with E-state index >= 15 is 0 Å². The number of nitrogens with zero attached hydrogens (tertiary/aromatic N) is 4. The SMILES string of the molecule is Cc1ccc(Nc2cnnc(Nc3ccc(N4CCCC4)cc3)n2)cc1C. The molecule has 1 aliphatic rings. The highest BCUT2D eigenvalue weighted by Crippen LogP contribution is 2.23. The highest BCUT2D eigenvalue weighted by atomic mass is 15.3. The second-order valence-electron chi connectivity index (χ2n) is 6.96. The third-order valence-electron chi connectivity index (χ3n) is 4.93. The van der Waals surface area contributed by atoms with Crippen LogP contribution in [0.2, 0.25) is 0 Å². The maximum Gasteiger partial charge on any atom is 0.249 e. The Kier molecular flexibility index (Phi) is 4.87. The Morgan fingerprint density at radius 1 is 0.852 bits per heavy atom. The van der Waals surface area contributed by atoms with Crippen LogP contribution in [0.4, 0.5) is 28.8 Å². The first-order chi connectivity index (χ1) is 13.2. The Bertz CT molecular complexity index is 916. The van der Waals surface area contributed by atoms with Gasteiger partial charge in [-0.1, -0.05) is 6.07 Å². The molecule has 6 nitrogen and oxygen atoms in total. The molecular formula is C21H24N6. The number of nitrogens with one attached hydrogen (secondary N) is 2. The van der Waals surface area contributed by atoms with Crippen molar-refractivity contribution in [2.24, 2.45) is 0 Å². The van der Waals surface area contributed by atoms with E-state index in [0.717, 1.165) is 24.5 Å². The molecule has 0 bridgehead atoms. The van der Waals surface area contributed by atoms with E-state index in [1.54, 1.807) is 6.20 Å². The first kappa shape index (κ1) is 17.3. The Morgan fingerprint density at radius 3 is 2.33 bits per heavy atom. The molecule has 0 spiro atoms. The van der Waals surface area contributed by atoms with Crippen molar-refractivity contribution in [2.75, 3.05) is 28.6 Å². The highest BCUT2D eigenvalue weighted by Gasteiger charge is 2.12. The number of aromatic nitrogens is 3. The normalized spacial score (nSPS) is 13.6. The summed E-state index contributed by atoms with van der Waals surface area (Å²) < 4.78 is 0. The largest absolute Gasteiger partial charge is 0.372 e. The second kappa shape index (κ2) is 7.61. The monoisotopic (exact) mass is 360 g/mol. The van der Waals surface area contributed by atoms with Crippen LogP contribution in [0.15, 0.2) is 48.7 Å². The van der Waals surface area contributed by atoms with Crippen LogP contribution in [-0.2, 0) is 0 Å². The molecule has 2 heterocycles. The van der Waals surface area contributed by atoms with Crippen molar-refractivity contribution in [1.82, 2.24) is 15.2 Å². The molecule has 1 aromatic heterocycles. The predicted molar refractivity (Wildman–Crippen MR) is 110 cm³/mol. The van der Waals surface area contributed by atoms with Crippen molar-refractivity contribution in [2.45, 2.75) is 26.7 Å². The summed E-state index contributed by atoms with van der Waals surface area (Å²) in [4.78, 5) is 6.92. The van der Waals surface area contributed by atoms with Gasteiger partial charge in [0.15, 0.2) is 5.82 Å². The predicted octanol–water partition coefficient (Wildman–Crippen LogP) is 4.58. The molecule has 6 heteroatoms. The van der Waals surface area contributed by atoms with Crippen molar-refractivity contribution in [3.8, 4) is 0 Å². The van der Waals surface area contributed by atoms with E-state index in [0.29, 0.717) is 11.8 Å². The van der Waals surface area contributed by atoms with Crippen molar-refractivity contribution in [1.29, 1.82) is 0 Å². The summed E-state index contributed by atoms with van der Waals surface area (Å²) in [7, 11) is 0. The zero-order valence-corrected chi connectivity index (χ0v) is 15.7. The molecule has 0 radical (unpaired) electrons. The molecule has 2 N–H and O–H groups in total. The molecule has 138 valence electrons. The molecule has 1 saturated heterocycles. The average Bonchev–Trinajstić information content (AvgIpc) is 3.21. The maximum absolute atomic E-state index is 4.51. The van der Waals surface area contributed by atoms with Gasteiger partial charge in [0.25, 0.3) is 0 Å². The van der Waals surface area contributed by atoms with Gasteiger partial charge in [0.2, 0.25) is 5.95 Å². The topological polar surface area (TPSA) is 66.0 Å². The van der Waals surface area contributed by atoms with E-state index in [1.165, 1.54) is 29.7 Å². The number of hydrogen-bond donors (Lipinski definition) is 2. The van der Waals surface area contributed by atoms with Gasteiger partial charge in [0.1, 0.15) is 0 Å². The van der Waals surface area contributed by atoms with Gasteiger partial charge in [0.05, 0.1) is 6.20 Å². The summed E-state index contributed by atoms with van der Waals surface area (Å²) in [6.45, 7) is 6.48. The van der Waals surface area contributed by atoms with E-state index in [-0.39, 0.29) is 0 Å². The van der Waals surface area contributed by atoms with Gasteiger partial charge in [-0.05, 0) is 74.2 Å². The van der Waals surface area contributed by atoms with Crippen molar-refractivity contribution < 1.29 is 0 Å². The van der Waals surface area contributed by atoms with Crippen molar-refractivity contribution in [3.63, 3.8) is 0 Å². The van der Waals surface area contributed by atoms with Crippen molar-refractivity contribution >= 4 is 28.8 Å². The van der Waals surface area contributed by atoms with Crippen LogP contribution in [0.1, 0.15) is 24.0 Å². The van der Waals surface area contributed by atoms with Crippen LogP contribution >= 0.6 is 0 Å². The minimum absolute atomic E-state index is 0.470. The van der Waals surface area contributed by atoms with Gasteiger partial charge in [-0.25, -0.2) is 0 Å². The lowest BCUT2D eigenvalue weighted by atomic mass is 10.1. The smallest absolute Gasteiger partial charge is 0.249 e. The lowest BCUT2D eigenvalue weighted by molar-refractivity contribution is 0.949. The standard InChI is InChI=1S/C21H24N6/c1-15-5-6-18(13-16(15)2)23-20-14-22-26-21(25-20)24-17-7-9-19(10-8-17)27-11-3-4-12-27/h5-10,13-14H,3-4,11-12H2,1-2H3,(H2,23,24,25,26). The molecule has 0 unspecified atom stereocenters. The van der Waals surface area contributed by atoms with Gasteiger partial charge in [0, 0.05) is 30.2 Å². The lowest BCUT2D eigenvalue weighted by Gasteiger charge is -2.17. The summed E-state index contributed by atoms with van der Waals surface area (Å²) in [5.74, 6) is 1.13. The molecular weight excluding hydrogens is 336 g/mol. The van der Waals surface area contributed by atoms with Gasteiger partial charge in [-0.3, -0.25) is 0 Å².